The van der Waals surface area contributed by atoms with Gasteiger partial charge in [0, 0.05) is 0 Å². The molecule has 0 nitrogen and oxygen atoms in total. The first-order valence-electron chi connectivity index (χ1n) is 3.41. The Labute approximate surface area is 70.5 Å². The Kier molecular flexibility index (Phi) is 2.53. The summed E-state index contributed by atoms with van der Waals surface area (Å²) < 4.78 is 0. The van der Waals surface area contributed by atoms with Gasteiger partial charge >= 0.3 is 70.1 Å². The van der Waals surface area contributed by atoms with E-state index >= 15 is 0 Å². The van der Waals surface area contributed by atoms with Gasteiger partial charge in [-0.05, 0) is 0 Å². The van der Waals surface area contributed by atoms with Crippen LogP contribution in [0.3, 0.4) is 0 Å². The monoisotopic (exact) mass is 200 g/mol. The van der Waals surface area contributed by atoms with Crippen LogP contribution in [0.2, 0.25) is 0 Å². The summed E-state index contributed by atoms with van der Waals surface area (Å²) in [6.45, 7) is 4.32. The summed E-state index contributed by atoms with van der Waals surface area (Å²) in [7, 11) is 0. The molecule has 0 fully saturated rings. The third-order valence-electron chi connectivity index (χ3n) is 1.80. The zero-order chi connectivity index (χ0) is 7.56. The van der Waals surface area contributed by atoms with Crippen LogP contribution in [0.25, 0.3) is 0 Å². The molecule has 0 aliphatic heterocycles. The second-order valence-corrected chi connectivity index (χ2v) is 3.19. The second kappa shape index (κ2) is 3.23. The van der Waals surface area contributed by atoms with Gasteiger partial charge in [-0.2, -0.15) is 0 Å². The van der Waals surface area contributed by atoms with Crippen molar-refractivity contribution in [2.24, 2.45) is 0 Å². The van der Waals surface area contributed by atoms with Gasteiger partial charge in [0.2, 0.25) is 0 Å². The Morgan fingerprint density at radius 2 is 1.70 bits per heavy atom. The first-order chi connectivity index (χ1) is 4.75. The molecule has 0 saturated carbocycles. The molecule has 0 atom stereocenters. The zero-order valence-electron chi connectivity index (χ0n) is 6.39. The quantitative estimate of drug-likeness (QED) is 0.604. The van der Waals surface area contributed by atoms with Gasteiger partial charge in [-0.25, -0.2) is 0 Å². The number of aryl methyl sites for hydroxylation is 2. The summed E-state index contributed by atoms with van der Waals surface area (Å²) in [5, 5.41) is 1.09. The van der Waals surface area contributed by atoms with Gasteiger partial charge in [-0.15, -0.1) is 0 Å². The van der Waals surface area contributed by atoms with E-state index in [-0.39, 0.29) is 0 Å². The topological polar surface area (TPSA) is 0 Å². The molecule has 0 spiro atoms. The first kappa shape index (κ1) is 7.84. The van der Waals surface area contributed by atoms with E-state index < -0.39 is 0 Å². The molecule has 10 heavy (non-hydrogen) atoms. The molecule has 1 aromatic rings. The van der Waals surface area contributed by atoms with Crippen molar-refractivity contribution in [1.29, 1.82) is 0 Å². The van der Waals surface area contributed by atoms with Crippen LogP contribution in [0.5, 0.6) is 0 Å². The number of benzene rings is 1. The molecule has 0 bridgehead atoms. The van der Waals surface area contributed by atoms with Gasteiger partial charge in [0.1, 0.15) is 0 Å². The fourth-order valence-electron chi connectivity index (χ4n) is 1.10. The minimum absolute atomic E-state index is 1.09. The van der Waals surface area contributed by atoms with Crippen molar-refractivity contribution in [3.63, 3.8) is 0 Å². The molecule has 0 N–H and O–H groups in total. The number of hydrogen-bond donors (Lipinski definition) is 0. The van der Waals surface area contributed by atoms with E-state index in [1.54, 1.807) is 0 Å². The van der Waals surface area contributed by atoms with Gasteiger partial charge in [-0.1, -0.05) is 0 Å². The van der Waals surface area contributed by atoms with E-state index in [1.165, 1.54) is 16.7 Å². The average molecular weight is 199 g/mol. The number of hydrogen-bond acceptors (Lipinski definition) is 0. The predicted molar refractivity (Wildman–Crippen MR) is 46.8 cm³/mol. The Morgan fingerprint density at radius 1 is 1.20 bits per heavy atom. The molecule has 0 radical (unpaired) electrons. The van der Waals surface area contributed by atoms with Crippen LogP contribution >= 0.6 is 0 Å². The number of rotatable bonds is 1. The van der Waals surface area contributed by atoms with E-state index in [1.807, 2.05) is 0 Å². The Bertz CT molecular complexity index is 208. The summed E-state index contributed by atoms with van der Waals surface area (Å²) in [6.07, 6.45) is 0. The van der Waals surface area contributed by atoms with E-state index in [0.717, 1.165) is 5.32 Å². The Morgan fingerprint density at radius 3 is 2.00 bits per heavy atom. The Balaban J connectivity index is 3.17. The maximum atomic E-state index is 2.62. The summed E-state index contributed by atoms with van der Waals surface area (Å²) in [4.78, 5) is 0. The molecule has 0 heterocycles. The molecule has 54 valence electrons. The minimum atomic E-state index is 1.09. The molecule has 0 aliphatic carbocycles. The zero-order valence-corrected chi connectivity index (χ0v) is 8.26. The first-order valence-corrected chi connectivity index (χ1v) is 4.74. The molecule has 0 aliphatic rings. The summed E-state index contributed by atoms with van der Waals surface area (Å²) in [6, 6.07) is 6.43. The Hall–Kier alpha value is -0.261. The third-order valence-corrected chi connectivity index (χ3v) is 2.47. The van der Waals surface area contributed by atoms with Crippen LogP contribution in [-0.4, -0.2) is 16.0 Å². The molecule has 0 amide bonds. The van der Waals surface area contributed by atoms with Gasteiger partial charge in [0.05, 0.1) is 0 Å². The average Bonchev–Trinajstić information content (AvgIpc) is 1.88. The van der Waals surface area contributed by atoms with Crippen molar-refractivity contribution in [3.8, 4) is 0 Å². The van der Waals surface area contributed by atoms with E-state index in [2.05, 4.69) is 48.1 Å². The van der Waals surface area contributed by atoms with Crippen LogP contribution in [0.15, 0.2) is 18.2 Å². The predicted octanol–water partition coefficient (Wildman–Crippen LogP) is 1.70. The normalized spacial score (nSPS) is 9.90. The van der Waals surface area contributed by atoms with Gasteiger partial charge < -0.3 is 0 Å². The van der Waals surface area contributed by atoms with Gasteiger partial charge in [0.25, 0.3) is 0 Å². The van der Waals surface area contributed by atoms with E-state index in [0.29, 0.717) is 0 Å². The molecular formula is C9H12Se. The van der Waals surface area contributed by atoms with E-state index in [4.69, 9.17) is 0 Å². The molecule has 0 aromatic heterocycles. The van der Waals surface area contributed by atoms with Crippen molar-refractivity contribution in [1.82, 2.24) is 0 Å². The fourth-order valence-corrected chi connectivity index (χ4v) is 2.14. The van der Waals surface area contributed by atoms with Gasteiger partial charge in [-0.3, -0.25) is 0 Å². The SMILES string of the molecule is Cc1cccc(C)c1C[SeH]. The van der Waals surface area contributed by atoms with Crippen molar-refractivity contribution in [2.75, 3.05) is 0 Å². The van der Waals surface area contributed by atoms with E-state index in [9.17, 15) is 0 Å². The molecule has 1 aromatic carbocycles. The van der Waals surface area contributed by atoms with Crippen LogP contribution in [0, 0.1) is 13.8 Å². The molecule has 0 unspecified atom stereocenters. The maximum absolute atomic E-state index is 2.62. The van der Waals surface area contributed by atoms with Crippen molar-refractivity contribution in [3.05, 3.63) is 34.9 Å². The standard InChI is InChI=1S/C9H12Se/c1-7-4-3-5-8(2)9(7)6-10/h3-5,10H,6H2,1-2H3. The summed E-state index contributed by atoms with van der Waals surface area (Å²) in [5.41, 5.74) is 4.28. The third kappa shape index (κ3) is 1.42. The molecule has 1 heteroatoms. The van der Waals surface area contributed by atoms with Crippen LogP contribution < -0.4 is 0 Å². The van der Waals surface area contributed by atoms with Crippen LogP contribution in [0.1, 0.15) is 16.7 Å². The van der Waals surface area contributed by atoms with Crippen LogP contribution in [0.4, 0.5) is 0 Å². The molecule has 0 saturated heterocycles. The summed E-state index contributed by atoms with van der Waals surface area (Å²) in [5.74, 6) is 0. The van der Waals surface area contributed by atoms with Crippen molar-refractivity contribution in [2.45, 2.75) is 19.2 Å². The fraction of sp³-hybridized carbons (Fsp3) is 0.333. The van der Waals surface area contributed by atoms with Gasteiger partial charge in [0.15, 0.2) is 0 Å². The van der Waals surface area contributed by atoms with Crippen molar-refractivity contribution < 1.29 is 0 Å². The van der Waals surface area contributed by atoms with Crippen LogP contribution in [-0.2, 0) is 5.32 Å². The second-order valence-electron chi connectivity index (χ2n) is 2.53. The van der Waals surface area contributed by atoms with Crippen molar-refractivity contribution >= 4 is 16.0 Å². The molecule has 1 rings (SSSR count). The summed E-state index contributed by atoms with van der Waals surface area (Å²) >= 11 is 2.62. The molecular weight excluding hydrogens is 187 g/mol.